The van der Waals surface area contributed by atoms with E-state index < -0.39 is 5.97 Å². The average Bonchev–Trinajstić information content (AvgIpc) is 2.17. The molecule has 0 atom stereocenters. The summed E-state index contributed by atoms with van der Waals surface area (Å²) in [6.07, 6.45) is 0.576. The van der Waals surface area contributed by atoms with Crippen molar-refractivity contribution in [3.05, 3.63) is 21.7 Å². The average molecular weight is 235 g/mol. The van der Waals surface area contributed by atoms with E-state index in [4.69, 9.17) is 23.2 Å². The molecule has 6 heteroatoms. The summed E-state index contributed by atoms with van der Waals surface area (Å²) >= 11 is 11.4. The summed E-state index contributed by atoms with van der Waals surface area (Å²) < 4.78 is 4.49. The molecule has 0 aromatic carbocycles. The fourth-order valence-corrected chi connectivity index (χ4v) is 1.39. The molecule has 76 valence electrons. The van der Waals surface area contributed by atoms with Crippen LogP contribution in [0.3, 0.4) is 0 Å². The van der Waals surface area contributed by atoms with Gasteiger partial charge in [0.2, 0.25) is 0 Å². The molecule has 0 aliphatic rings. The first-order chi connectivity index (χ1) is 6.60. The quantitative estimate of drug-likeness (QED) is 0.737. The molecule has 1 rings (SSSR count). The van der Waals surface area contributed by atoms with E-state index in [1.165, 1.54) is 7.11 Å². The highest BCUT2D eigenvalue weighted by atomic mass is 35.5. The summed E-state index contributed by atoms with van der Waals surface area (Å²) in [6, 6.07) is 0. The van der Waals surface area contributed by atoms with Crippen LogP contribution in [0.4, 0.5) is 0 Å². The Morgan fingerprint density at radius 3 is 2.50 bits per heavy atom. The minimum atomic E-state index is -0.617. The van der Waals surface area contributed by atoms with Gasteiger partial charge < -0.3 is 4.74 Å². The molecular formula is C8H8Cl2N2O2. The van der Waals surface area contributed by atoms with Gasteiger partial charge in [0.05, 0.1) is 12.8 Å². The molecule has 1 heterocycles. The monoisotopic (exact) mass is 234 g/mol. The van der Waals surface area contributed by atoms with E-state index in [0.29, 0.717) is 12.1 Å². The number of halogens is 2. The molecule has 4 nitrogen and oxygen atoms in total. The van der Waals surface area contributed by atoms with E-state index in [9.17, 15) is 4.79 Å². The predicted octanol–water partition coefficient (Wildman–Crippen LogP) is 2.13. The van der Waals surface area contributed by atoms with Gasteiger partial charge in [-0.05, 0) is 6.42 Å². The molecule has 0 amide bonds. The lowest BCUT2D eigenvalue weighted by Gasteiger charge is -2.04. The van der Waals surface area contributed by atoms with Crippen molar-refractivity contribution in [3.8, 4) is 0 Å². The van der Waals surface area contributed by atoms with Gasteiger partial charge in [-0.2, -0.15) is 0 Å². The normalized spacial score (nSPS) is 10.0. The summed E-state index contributed by atoms with van der Waals surface area (Å²) in [5.41, 5.74) is 0.520. The zero-order chi connectivity index (χ0) is 10.7. The first kappa shape index (κ1) is 11.2. The van der Waals surface area contributed by atoms with Crippen molar-refractivity contribution in [1.82, 2.24) is 9.97 Å². The van der Waals surface area contributed by atoms with Crippen LogP contribution in [0.2, 0.25) is 10.3 Å². The number of rotatable bonds is 2. The first-order valence-corrected chi connectivity index (χ1v) is 4.66. The van der Waals surface area contributed by atoms with Crippen molar-refractivity contribution >= 4 is 29.2 Å². The highest BCUT2D eigenvalue weighted by Crippen LogP contribution is 2.18. The Hall–Kier alpha value is -0.870. The molecule has 0 aliphatic carbocycles. The molecule has 0 saturated heterocycles. The zero-order valence-corrected chi connectivity index (χ0v) is 9.19. The van der Waals surface area contributed by atoms with Crippen LogP contribution in [-0.4, -0.2) is 23.0 Å². The van der Waals surface area contributed by atoms with E-state index in [2.05, 4.69) is 14.7 Å². The molecule has 0 unspecified atom stereocenters. The molecule has 1 aromatic rings. The van der Waals surface area contributed by atoms with Gasteiger partial charge in [-0.1, -0.05) is 30.1 Å². The number of hydrogen-bond donors (Lipinski definition) is 0. The highest BCUT2D eigenvalue weighted by molar-refractivity contribution is 6.34. The molecule has 1 aromatic heterocycles. The zero-order valence-electron chi connectivity index (χ0n) is 7.67. The molecule has 0 bridgehead atoms. The number of esters is 1. The van der Waals surface area contributed by atoms with Crippen LogP contribution in [-0.2, 0) is 11.2 Å². The Bertz CT molecular complexity index is 369. The van der Waals surface area contributed by atoms with Crippen LogP contribution in [0, 0.1) is 0 Å². The van der Waals surface area contributed by atoms with Crippen molar-refractivity contribution < 1.29 is 9.53 Å². The Balaban J connectivity index is 3.24. The largest absolute Gasteiger partial charge is 0.464 e. The topological polar surface area (TPSA) is 52.1 Å². The Kier molecular flexibility index (Phi) is 3.66. The number of aromatic nitrogens is 2. The number of carbonyl (C=O) groups is 1. The molecule has 14 heavy (non-hydrogen) atoms. The van der Waals surface area contributed by atoms with Gasteiger partial charge in [0.15, 0.2) is 16.0 Å². The van der Waals surface area contributed by atoms with Crippen molar-refractivity contribution in [2.75, 3.05) is 7.11 Å². The van der Waals surface area contributed by atoms with Crippen molar-refractivity contribution in [1.29, 1.82) is 0 Å². The van der Waals surface area contributed by atoms with E-state index in [0.717, 1.165) is 0 Å². The van der Waals surface area contributed by atoms with Gasteiger partial charge in [-0.3, -0.25) is 0 Å². The van der Waals surface area contributed by atoms with Gasteiger partial charge in [-0.15, -0.1) is 0 Å². The van der Waals surface area contributed by atoms with Crippen LogP contribution < -0.4 is 0 Å². The number of carbonyl (C=O) groups excluding carboxylic acids is 1. The Labute approximate surface area is 91.2 Å². The number of nitrogens with zero attached hydrogens (tertiary/aromatic N) is 2. The van der Waals surface area contributed by atoms with Gasteiger partial charge in [0, 0.05) is 0 Å². The van der Waals surface area contributed by atoms with Crippen molar-refractivity contribution in [2.24, 2.45) is 0 Å². The lowest BCUT2D eigenvalue weighted by atomic mass is 10.3. The van der Waals surface area contributed by atoms with Gasteiger partial charge >= 0.3 is 5.97 Å². The fourth-order valence-electron chi connectivity index (χ4n) is 0.882. The Morgan fingerprint density at radius 2 is 2.00 bits per heavy atom. The van der Waals surface area contributed by atoms with Crippen LogP contribution in [0.15, 0.2) is 0 Å². The van der Waals surface area contributed by atoms with E-state index >= 15 is 0 Å². The van der Waals surface area contributed by atoms with Crippen molar-refractivity contribution in [2.45, 2.75) is 13.3 Å². The van der Waals surface area contributed by atoms with Crippen LogP contribution in [0.25, 0.3) is 0 Å². The van der Waals surface area contributed by atoms with Crippen LogP contribution in [0.5, 0.6) is 0 Å². The second-order valence-electron chi connectivity index (χ2n) is 2.45. The van der Waals surface area contributed by atoms with Crippen LogP contribution >= 0.6 is 23.2 Å². The lowest BCUT2D eigenvalue weighted by Crippen LogP contribution is -2.09. The van der Waals surface area contributed by atoms with Crippen molar-refractivity contribution in [3.63, 3.8) is 0 Å². The molecule has 0 N–H and O–H groups in total. The number of hydrogen-bond acceptors (Lipinski definition) is 4. The predicted molar refractivity (Wildman–Crippen MR) is 52.8 cm³/mol. The third-order valence-electron chi connectivity index (χ3n) is 1.59. The fraction of sp³-hybridized carbons (Fsp3) is 0.375. The second-order valence-corrected chi connectivity index (χ2v) is 3.16. The lowest BCUT2D eigenvalue weighted by molar-refractivity contribution is 0.0593. The van der Waals surface area contributed by atoms with Gasteiger partial charge in [0.1, 0.15) is 0 Å². The summed E-state index contributed by atoms with van der Waals surface area (Å²) in [6.45, 7) is 1.85. The van der Waals surface area contributed by atoms with Gasteiger partial charge in [-0.25, -0.2) is 14.8 Å². The summed E-state index contributed by atoms with van der Waals surface area (Å²) in [4.78, 5) is 18.9. The minimum Gasteiger partial charge on any atom is -0.464 e. The first-order valence-electron chi connectivity index (χ1n) is 3.90. The summed E-state index contributed by atoms with van der Waals surface area (Å²) in [7, 11) is 1.25. The smallest absolute Gasteiger partial charge is 0.359 e. The summed E-state index contributed by atoms with van der Waals surface area (Å²) in [5.74, 6) is -0.617. The third-order valence-corrected chi connectivity index (χ3v) is 2.16. The maximum absolute atomic E-state index is 11.2. The molecule has 0 saturated carbocycles. The highest BCUT2D eigenvalue weighted by Gasteiger charge is 2.16. The van der Waals surface area contributed by atoms with E-state index in [-0.39, 0.29) is 16.0 Å². The molecule has 0 spiro atoms. The number of ether oxygens (including phenoxy) is 1. The molecular weight excluding hydrogens is 227 g/mol. The van der Waals surface area contributed by atoms with Gasteiger partial charge in [0.25, 0.3) is 0 Å². The standard InChI is InChI=1S/C8H8Cl2N2O2/c1-3-4-6(9)12-7(10)5(11-4)8(13)14-2/h3H2,1-2H3. The Morgan fingerprint density at radius 1 is 1.36 bits per heavy atom. The maximum atomic E-state index is 11.2. The number of aryl methyl sites for hydroxylation is 1. The SMILES string of the molecule is CCc1nc(C(=O)OC)c(Cl)nc1Cl. The minimum absolute atomic E-state index is 0.00424. The van der Waals surface area contributed by atoms with Crippen LogP contribution in [0.1, 0.15) is 23.1 Å². The molecule has 0 radical (unpaired) electrons. The molecule has 0 aliphatic heterocycles. The molecule has 0 fully saturated rings. The van der Waals surface area contributed by atoms with E-state index in [1.807, 2.05) is 6.92 Å². The van der Waals surface area contributed by atoms with E-state index in [1.54, 1.807) is 0 Å². The summed E-state index contributed by atoms with van der Waals surface area (Å²) in [5, 5.41) is 0.171. The third kappa shape index (κ3) is 2.13. The number of methoxy groups -OCH3 is 1. The second kappa shape index (κ2) is 4.57. The maximum Gasteiger partial charge on any atom is 0.359 e.